The molecule has 2 aliphatic heterocycles. The topological polar surface area (TPSA) is 136 Å². The van der Waals surface area contributed by atoms with Gasteiger partial charge in [0.25, 0.3) is 0 Å². The summed E-state index contributed by atoms with van der Waals surface area (Å²) in [6.07, 6.45) is 0.396. The van der Waals surface area contributed by atoms with Gasteiger partial charge in [0, 0.05) is 38.8 Å². The van der Waals surface area contributed by atoms with Gasteiger partial charge in [0.15, 0.2) is 0 Å². The lowest BCUT2D eigenvalue weighted by molar-refractivity contribution is -0.119. The number of benzene rings is 2. The average molecular weight is 478 g/mol. The number of carbonyl (C=O) groups excluding carboxylic acids is 4. The molecule has 0 radical (unpaired) electrons. The minimum Gasteiger partial charge on any atom is -0.324 e. The van der Waals surface area contributed by atoms with E-state index in [1.807, 2.05) is 13.8 Å². The lowest BCUT2D eigenvalue weighted by Crippen LogP contribution is -2.37. The van der Waals surface area contributed by atoms with Crippen LogP contribution in [0.4, 0.5) is 34.1 Å². The van der Waals surface area contributed by atoms with Crippen LogP contribution < -0.4 is 25.9 Å². The number of amides is 4. The number of anilines is 5. The quantitative estimate of drug-likeness (QED) is 0.454. The summed E-state index contributed by atoms with van der Waals surface area (Å²) in [5.41, 5.74) is 6.07. The maximum Gasteiger partial charge on any atom is 0.226 e. The predicted octanol–water partition coefficient (Wildman–Crippen LogP) is 3.96. The van der Waals surface area contributed by atoms with Crippen LogP contribution in [0.2, 0.25) is 0 Å². The first-order valence-corrected chi connectivity index (χ1v) is 11.3. The number of nitrogens with zero attached hydrogens (tertiary/aromatic N) is 4. The fourth-order valence-corrected chi connectivity index (χ4v) is 4.50. The zero-order chi connectivity index (χ0) is 25.3. The Balaban J connectivity index is 1.57. The maximum absolute atomic E-state index is 12.3. The summed E-state index contributed by atoms with van der Waals surface area (Å²) in [5.74, 6) is -0.665. The van der Waals surface area contributed by atoms with Crippen molar-refractivity contribution >= 4 is 57.8 Å². The second-order valence-corrected chi connectivity index (χ2v) is 8.73. The largest absolute Gasteiger partial charge is 0.324 e. The zero-order valence-corrected chi connectivity index (χ0v) is 20.0. The van der Waals surface area contributed by atoms with Crippen molar-refractivity contribution in [2.45, 2.75) is 52.6 Å². The fraction of sp³-hybridized carbons (Fsp3) is 0.333. The van der Waals surface area contributed by atoms with E-state index in [1.165, 1.54) is 13.8 Å². The number of hydrogen-bond acceptors (Lipinski definition) is 6. The van der Waals surface area contributed by atoms with Gasteiger partial charge in [-0.2, -0.15) is 0 Å². The van der Waals surface area contributed by atoms with E-state index in [0.717, 1.165) is 0 Å². The molecular weight excluding hydrogens is 450 g/mol. The Morgan fingerprint density at radius 3 is 2.09 bits per heavy atom. The highest BCUT2D eigenvalue weighted by molar-refractivity contribution is 6.05. The summed E-state index contributed by atoms with van der Waals surface area (Å²) in [5, 5.41) is 13.9. The molecule has 2 aliphatic rings. The summed E-state index contributed by atoms with van der Waals surface area (Å²) in [6, 6.07) is 9.66. The van der Waals surface area contributed by atoms with Gasteiger partial charge < -0.3 is 20.4 Å². The molecule has 0 saturated heterocycles. The van der Waals surface area contributed by atoms with Crippen LogP contribution in [0.1, 0.15) is 40.5 Å². The monoisotopic (exact) mass is 477 g/mol. The third kappa shape index (κ3) is 4.98. The molecule has 0 fully saturated rings. The SMILES string of the molecule is CC(=O)N1c2ccc(NN=Nc3ccc4c(c3)N(C(C)=O)[C@@H](C)CC(=O)N4)cc2NC(=O)C[C@@H]1C. The molecule has 182 valence electrons. The molecule has 35 heavy (non-hydrogen) atoms. The Morgan fingerprint density at radius 2 is 1.46 bits per heavy atom. The van der Waals surface area contributed by atoms with Gasteiger partial charge in [-0.15, -0.1) is 5.11 Å². The van der Waals surface area contributed by atoms with Crippen molar-refractivity contribution in [3.8, 4) is 0 Å². The highest BCUT2D eigenvalue weighted by atomic mass is 16.2. The Bertz CT molecular complexity index is 1240. The smallest absolute Gasteiger partial charge is 0.226 e. The number of nitrogens with one attached hydrogen (secondary N) is 3. The Hall–Kier alpha value is -4.28. The molecule has 4 rings (SSSR count). The molecule has 2 aromatic rings. The van der Waals surface area contributed by atoms with E-state index in [4.69, 9.17) is 0 Å². The van der Waals surface area contributed by atoms with Crippen molar-refractivity contribution in [2.75, 3.05) is 25.9 Å². The summed E-state index contributed by atoms with van der Waals surface area (Å²) < 4.78 is 0. The molecule has 0 aliphatic carbocycles. The molecule has 0 saturated carbocycles. The second kappa shape index (κ2) is 9.53. The molecule has 0 aromatic heterocycles. The van der Waals surface area contributed by atoms with Crippen LogP contribution in [0.25, 0.3) is 0 Å². The summed E-state index contributed by atoms with van der Waals surface area (Å²) in [4.78, 5) is 51.9. The normalized spacial score (nSPS) is 19.8. The molecule has 3 N–H and O–H groups in total. The van der Waals surface area contributed by atoms with Gasteiger partial charge >= 0.3 is 0 Å². The van der Waals surface area contributed by atoms with Gasteiger partial charge in [-0.1, -0.05) is 5.22 Å². The van der Waals surface area contributed by atoms with E-state index in [-0.39, 0.29) is 48.6 Å². The van der Waals surface area contributed by atoms with Crippen molar-refractivity contribution in [1.82, 2.24) is 0 Å². The van der Waals surface area contributed by atoms with Crippen LogP contribution in [-0.4, -0.2) is 35.7 Å². The van der Waals surface area contributed by atoms with E-state index in [9.17, 15) is 19.2 Å². The fourth-order valence-electron chi connectivity index (χ4n) is 4.50. The zero-order valence-electron chi connectivity index (χ0n) is 20.0. The number of hydrogen-bond donors (Lipinski definition) is 3. The molecule has 2 aromatic carbocycles. The minimum absolute atomic E-state index is 0.149. The molecule has 11 nitrogen and oxygen atoms in total. The molecule has 2 heterocycles. The van der Waals surface area contributed by atoms with Crippen LogP contribution in [0, 0.1) is 0 Å². The van der Waals surface area contributed by atoms with E-state index >= 15 is 0 Å². The van der Waals surface area contributed by atoms with Crippen molar-refractivity contribution in [3.63, 3.8) is 0 Å². The first-order chi connectivity index (χ1) is 16.6. The van der Waals surface area contributed by atoms with Crippen molar-refractivity contribution in [1.29, 1.82) is 0 Å². The molecule has 2 atom stereocenters. The summed E-state index contributed by atoms with van der Waals surface area (Å²) in [7, 11) is 0. The average Bonchev–Trinajstić information content (AvgIpc) is 2.97. The van der Waals surface area contributed by atoms with Crippen molar-refractivity contribution < 1.29 is 19.2 Å². The Morgan fingerprint density at radius 1 is 0.857 bits per heavy atom. The lowest BCUT2D eigenvalue weighted by Gasteiger charge is -2.26. The first kappa shape index (κ1) is 23.9. The van der Waals surface area contributed by atoms with Gasteiger partial charge in [-0.05, 0) is 50.2 Å². The first-order valence-electron chi connectivity index (χ1n) is 11.3. The predicted molar refractivity (Wildman–Crippen MR) is 133 cm³/mol. The highest BCUT2D eigenvalue weighted by Crippen LogP contribution is 2.36. The van der Waals surface area contributed by atoms with E-state index in [2.05, 4.69) is 26.4 Å². The van der Waals surface area contributed by atoms with Crippen LogP contribution >= 0.6 is 0 Å². The van der Waals surface area contributed by atoms with Crippen molar-refractivity contribution in [3.05, 3.63) is 36.4 Å². The van der Waals surface area contributed by atoms with Gasteiger partial charge in [-0.3, -0.25) is 24.6 Å². The van der Waals surface area contributed by atoms with Crippen LogP contribution in [0.3, 0.4) is 0 Å². The summed E-state index contributed by atoms with van der Waals surface area (Å²) in [6.45, 7) is 6.57. The molecule has 11 heteroatoms. The summed E-state index contributed by atoms with van der Waals surface area (Å²) >= 11 is 0. The van der Waals surface area contributed by atoms with Crippen LogP contribution in [-0.2, 0) is 19.2 Å². The van der Waals surface area contributed by atoms with E-state index < -0.39 is 0 Å². The lowest BCUT2D eigenvalue weighted by atomic mass is 10.1. The molecular formula is C24H27N7O4. The standard InChI is InChI=1S/C24H27N7O4/c1-13-9-24(35)26-20-11-17(6-8-21(20)30(13)15(3)32)27-29-28-18-5-7-19-22(12-18)31(16(4)33)14(2)10-23(34)25-19/h5-8,11-14H,9-10H2,1-4H3,(H,25,34)(H,26,35)(H,27,28)/t13-,14-/m0/s1. The molecule has 0 bridgehead atoms. The minimum atomic E-state index is -0.300. The van der Waals surface area contributed by atoms with Gasteiger partial charge in [0.1, 0.15) is 0 Å². The third-order valence-corrected chi connectivity index (χ3v) is 5.91. The maximum atomic E-state index is 12.3. The molecule has 0 unspecified atom stereocenters. The van der Waals surface area contributed by atoms with E-state index in [1.54, 1.807) is 46.2 Å². The van der Waals surface area contributed by atoms with Gasteiger partial charge in [-0.25, -0.2) is 0 Å². The third-order valence-electron chi connectivity index (χ3n) is 5.91. The van der Waals surface area contributed by atoms with Crippen LogP contribution in [0.5, 0.6) is 0 Å². The number of carbonyl (C=O) groups is 4. The Labute approximate surface area is 202 Å². The second-order valence-electron chi connectivity index (χ2n) is 8.73. The van der Waals surface area contributed by atoms with Crippen molar-refractivity contribution in [2.24, 2.45) is 10.3 Å². The van der Waals surface area contributed by atoms with Gasteiger partial charge in [0.05, 0.1) is 34.1 Å². The van der Waals surface area contributed by atoms with E-state index in [0.29, 0.717) is 34.1 Å². The molecule has 0 spiro atoms. The molecule has 4 amide bonds. The number of fused-ring (bicyclic) bond motifs is 2. The number of rotatable bonds is 3. The van der Waals surface area contributed by atoms with Crippen LogP contribution in [0.15, 0.2) is 46.7 Å². The van der Waals surface area contributed by atoms with Gasteiger partial charge in [0.2, 0.25) is 23.6 Å². The highest BCUT2D eigenvalue weighted by Gasteiger charge is 2.29. The Kier molecular flexibility index (Phi) is 6.50.